The average Bonchev–Trinajstić information content (AvgIpc) is 3.55. The number of allylic oxidation sites excluding steroid dienone is 2. The van der Waals surface area contributed by atoms with E-state index in [1.54, 1.807) is 30.3 Å². The summed E-state index contributed by atoms with van der Waals surface area (Å²) in [5.74, 6) is 5.07. The number of benzene rings is 2. The van der Waals surface area contributed by atoms with Gasteiger partial charge >= 0.3 is 0 Å². The Morgan fingerprint density at radius 2 is 1.93 bits per heavy atom. The highest BCUT2D eigenvalue weighted by Crippen LogP contribution is 2.38. The first-order chi connectivity index (χ1) is 19.8. The van der Waals surface area contributed by atoms with Crippen molar-refractivity contribution in [1.82, 2.24) is 25.7 Å². The molecule has 5 rings (SSSR count). The van der Waals surface area contributed by atoms with Gasteiger partial charge in [0.2, 0.25) is 0 Å². The lowest BCUT2D eigenvalue weighted by Crippen LogP contribution is -2.23. The van der Waals surface area contributed by atoms with E-state index in [-0.39, 0.29) is 11.9 Å². The zero-order valence-electron chi connectivity index (χ0n) is 23.4. The van der Waals surface area contributed by atoms with Gasteiger partial charge in [0, 0.05) is 41.7 Å². The number of amidine groups is 1. The molecular weight excluding hydrogens is 518 g/mol. The average molecular weight is 552 g/mol. The maximum atomic E-state index is 13.4. The summed E-state index contributed by atoms with van der Waals surface area (Å²) in [6.45, 7) is 4.24. The summed E-state index contributed by atoms with van der Waals surface area (Å²) in [6.07, 6.45) is 9.23. The first-order valence-corrected chi connectivity index (χ1v) is 12.9. The third-order valence-electron chi connectivity index (χ3n) is 6.54. The Balaban J connectivity index is 0.00000124. The lowest BCUT2D eigenvalue weighted by molar-refractivity contribution is -0.104. The molecule has 0 radical (unpaired) electrons. The van der Waals surface area contributed by atoms with E-state index in [2.05, 4.69) is 36.5 Å². The number of aromatic nitrogens is 3. The molecule has 1 aliphatic rings. The van der Waals surface area contributed by atoms with Gasteiger partial charge in [0.1, 0.15) is 12.1 Å². The number of hydrogen-bond donors (Lipinski definition) is 5. The molecule has 0 saturated heterocycles. The van der Waals surface area contributed by atoms with Crippen LogP contribution < -0.4 is 27.2 Å². The van der Waals surface area contributed by atoms with Gasteiger partial charge in [0.15, 0.2) is 0 Å². The number of nitrogens with two attached hydrogens (primary N) is 2. The van der Waals surface area contributed by atoms with E-state index in [1.165, 1.54) is 6.08 Å². The van der Waals surface area contributed by atoms with E-state index in [0.717, 1.165) is 56.5 Å². The number of aldehydes is 1. The predicted octanol–water partition coefficient (Wildman–Crippen LogP) is 3.50. The Labute approximate surface area is 238 Å². The lowest BCUT2D eigenvalue weighted by Gasteiger charge is -2.17. The van der Waals surface area contributed by atoms with Crippen molar-refractivity contribution < 1.29 is 9.59 Å². The van der Waals surface area contributed by atoms with Crippen molar-refractivity contribution in [1.29, 1.82) is 0 Å². The monoisotopic (exact) mass is 551 g/mol. The van der Waals surface area contributed by atoms with E-state index in [1.807, 2.05) is 63.5 Å². The predicted molar refractivity (Wildman–Crippen MR) is 163 cm³/mol. The molecule has 2 aromatic heterocycles. The van der Waals surface area contributed by atoms with Crippen molar-refractivity contribution in [2.75, 3.05) is 19.0 Å². The Morgan fingerprint density at radius 1 is 1.17 bits per heavy atom. The first-order valence-electron chi connectivity index (χ1n) is 12.9. The largest absolute Gasteiger partial charge is 0.392 e. The molecule has 0 saturated carbocycles. The van der Waals surface area contributed by atoms with Gasteiger partial charge in [-0.2, -0.15) is 4.99 Å². The molecule has 0 atom stereocenters. The van der Waals surface area contributed by atoms with Crippen LogP contribution in [-0.2, 0) is 11.3 Å². The molecular formula is C30H33N9O2. The van der Waals surface area contributed by atoms with Crippen molar-refractivity contribution in [3.8, 4) is 11.3 Å². The molecule has 0 bridgehead atoms. The third kappa shape index (κ3) is 6.06. The third-order valence-corrected chi connectivity index (χ3v) is 6.54. The van der Waals surface area contributed by atoms with Gasteiger partial charge in [0.25, 0.3) is 11.9 Å². The molecule has 4 aromatic rings. The second kappa shape index (κ2) is 12.8. The van der Waals surface area contributed by atoms with Gasteiger partial charge in [-0.05, 0) is 61.9 Å². The van der Waals surface area contributed by atoms with Crippen LogP contribution in [-0.4, -0.2) is 47.1 Å². The summed E-state index contributed by atoms with van der Waals surface area (Å²) in [4.78, 5) is 42.7. The number of fused-ring (bicyclic) bond motifs is 2. The van der Waals surface area contributed by atoms with E-state index < -0.39 is 0 Å². The number of aryl methyl sites for hydroxylation is 1. The van der Waals surface area contributed by atoms with Crippen molar-refractivity contribution >= 4 is 46.6 Å². The number of rotatable bonds is 7. The minimum atomic E-state index is -0.0831. The summed E-state index contributed by atoms with van der Waals surface area (Å²) in [5.41, 5.74) is 15.6. The molecule has 1 aliphatic heterocycles. The van der Waals surface area contributed by atoms with Gasteiger partial charge in [-0.25, -0.2) is 9.97 Å². The number of hydrogen-bond acceptors (Lipinski definition) is 8. The number of anilines is 1. The number of carbonyl (C=O) groups is 2. The molecule has 0 aliphatic carbocycles. The highest BCUT2D eigenvalue weighted by molar-refractivity contribution is 6.15. The smallest absolute Gasteiger partial charge is 0.259 e. The summed E-state index contributed by atoms with van der Waals surface area (Å²) in [6, 6.07) is 11.4. The van der Waals surface area contributed by atoms with Crippen LogP contribution in [0.2, 0.25) is 0 Å². The summed E-state index contributed by atoms with van der Waals surface area (Å²) >= 11 is 0. The molecule has 0 spiro atoms. The van der Waals surface area contributed by atoms with Crippen molar-refractivity contribution in [3.63, 3.8) is 0 Å². The van der Waals surface area contributed by atoms with Crippen LogP contribution in [0.3, 0.4) is 0 Å². The molecule has 210 valence electrons. The minimum Gasteiger partial charge on any atom is -0.392 e. The highest BCUT2D eigenvalue weighted by atomic mass is 16.2. The van der Waals surface area contributed by atoms with Crippen LogP contribution in [0, 0.1) is 6.92 Å². The zero-order chi connectivity index (χ0) is 29.5. The number of aromatic amines is 1. The second-order valence-corrected chi connectivity index (χ2v) is 9.27. The summed E-state index contributed by atoms with van der Waals surface area (Å²) in [7, 11) is 3.46. The number of nitrogens with zero attached hydrogens (tertiary/aromatic N) is 4. The van der Waals surface area contributed by atoms with Gasteiger partial charge in [-0.3, -0.25) is 20.9 Å². The van der Waals surface area contributed by atoms with E-state index in [9.17, 15) is 9.59 Å². The second-order valence-electron chi connectivity index (χ2n) is 9.27. The number of amides is 1. The molecule has 11 nitrogen and oxygen atoms in total. The Bertz CT molecular complexity index is 1680. The van der Waals surface area contributed by atoms with Crippen LogP contribution >= 0.6 is 0 Å². The molecule has 0 unspecified atom stereocenters. The fraction of sp³-hybridized carbons (Fsp3) is 0.167. The molecule has 1 amide bonds. The number of para-hydroxylation sites is 1. The van der Waals surface area contributed by atoms with Crippen LogP contribution in [0.15, 0.2) is 71.6 Å². The Kier molecular flexibility index (Phi) is 9.02. The van der Waals surface area contributed by atoms with Gasteiger partial charge in [-0.1, -0.05) is 30.3 Å². The van der Waals surface area contributed by atoms with Crippen molar-refractivity contribution in [2.24, 2.45) is 16.6 Å². The molecule has 7 N–H and O–H groups in total. The SMILES string of the molecule is CN/C(C)=C\C(N)=N/c1ncc(C)c(-c2c[nH]c3c(N4Cc5c(/C=C/C=O)cccc5C4=O)cccc23)n1.CNN. The first kappa shape index (κ1) is 28.9. The van der Waals surface area contributed by atoms with Crippen LogP contribution in [0.4, 0.5) is 11.6 Å². The van der Waals surface area contributed by atoms with Crippen LogP contribution in [0.5, 0.6) is 0 Å². The lowest BCUT2D eigenvalue weighted by atomic mass is 10.0. The maximum Gasteiger partial charge on any atom is 0.259 e. The number of hydrazine groups is 1. The minimum absolute atomic E-state index is 0.0831. The number of carbonyl (C=O) groups excluding carboxylic acids is 2. The molecule has 3 heterocycles. The maximum absolute atomic E-state index is 13.4. The van der Waals surface area contributed by atoms with Gasteiger partial charge in [-0.15, -0.1) is 0 Å². The standard InChI is InChI=1S/C29H27N7O2.CH6N2/c1-17-14-33-29(34-25(30)13-18(2)31-3)35-26(17)22-15-32-27-20(22)9-5-11-24(27)36-16-23-19(8-6-12-37)7-4-10-21(23)28(36)38;1-3-2/h4-15,31-32H,16H2,1-3H3,(H2,30,33,34,35);3H,2H2,1H3/b8-6+,18-13-;. The fourth-order valence-electron chi connectivity index (χ4n) is 4.61. The van der Waals surface area contributed by atoms with Crippen LogP contribution in [0.25, 0.3) is 28.2 Å². The highest BCUT2D eigenvalue weighted by Gasteiger charge is 2.31. The fourth-order valence-corrected chi connectivity index (χ4v) is 4.61. The molecule has 11 heteroatoms. The Morgan fingerprint density at radius 3 is 2.66 bits per heavy atom. The quantitative estimate of drug-likeness (QED) is 0.0581. The zero-order valence-corrected chi connectivity index (χ0v) is 23.4. The van der Waals surface area contributed by atoms with Crippen LogP contribution in [0.1, 0.15) is 34.0 Å². The molecule has 2 aromatic carbocycles. The van der Waals surface area contributed by atoms with E-state index in [0.29, 0.717) is 17.9 Å². The summed E-state index contributed by atoms with van der Waals surface area (Å²) in [5, 5.41) is 3.92. The van der Waals surface area contributed by atoms with E-state index >= 15 is 0 Å². The Hall–Kier alpha value is -5.13. The van der Waals surface area contributed by atoms with Gasteiger partial charge in [0.05, 0.1) is 23.4 Å². The van der Waals surface area contributed by atoms with E-state index in [4.69, 9.17) is 5.73 Å². The number of H-pyrrole nitrogens is 1. The summed E-state index contributed by atoms with van der Waals surface area (Å²) < 4.78 is 0. The number of aliphatic imine (C=N–C) groups is 1. The van der Waals surface area contributed by atoms with Crippen molar-refractivity contribution in [3.05, 3.63) is 88.9 Å². The van der Waals surface area contributed by atoms with Crippen molar-refractivity contribution in [2.45, 2.75) is 20.4 Å². The van der Waals surface area contributed by atoms with Gasteiger partial charge < -0.3 is 20.9 Å². The topological polar surface area (TPSA) is 167 Å². The normalized spacial score (nSPS) is 13.4. The molecule has 41 heavy (non-hydrogen) atoms. The number of nitrogens with one attached hydrogen (secondary N) is 3. The molecule has 0 fully saturated rings.